The Hall–Kier alpha value is -2.93. The highest BCUT2D eigenvalue weighted by Gasteiger charge is 2.08. The highest BCUT2D eigenvalue weighted by molar-refractivity contribution is 5.92. The molecule has 0 fully saturated rings. The molecule has 3 aromatic rings. The number of nitrogens with zero attached hydrogens (tertiary/aromatic N) is 1. The molecule has 0 saturated heterocycles. The summed E-state index contributed by atoms with van der Waals surface area (Å²) in [5.41, 5.74) is 3.30. The minimum absolute atomic E-state index is 0. The number of carbonyl (C=O) groups is 1. The van der Waals surface area contributed by atoms with E-state index in [1.54, 1.807) is 30.5 Å². The van der Waals surface area contributed by atoms with Crippen molar-refractivity contribution in [2.75, 3.05) is 18.4 Å². The van der Waals surface area contributed by atoms with Gasteiger partial charge in [-0.15, -0.1) is 12.4 Å². The summed E-state index contributed by atoms with van der Waals surface area (Å²) in [7, 11) is 0. The molecule has 2 aromatic carbocycles. The van der Waals surface area contributed by atoms with E-state index >= 15 is 0 Å². The van der Waals surface area contributed by atoms with Crippen LogP contribution in [0.15, 0.2) is 72.9 Å². The number of aliphatic hydroxyl groups is 1. The molecule has 0 aliphatic heterocycles. The number of pyridine rings is 1. The number of carbonyl (C=O) groups excluding carboxylic acids is 1. The molecule has 6 nitrogen and oxygen atoms in total. The number of phenols is 1. The monoisotopic (exact) mass is 427 g/mol. The van der Waals surface area contributed by atoms with Gasteiger partial charge in [0.1, 0.15) is 5.75 Å². The third-order valence-electron chi connectivity index (χ3n) is 4.49. The predicted molar refractivity (Wildman–Crippen MR) is 120 cm³/mol. The summed E-state index contributed by atoms with van der Waals surface area (Å²) in [4.78, 5) is 16.2. The fraction of sp³-hybridized carbons (Fsp3) is 0.217. The molecule has 4 N–H and O–H groups in total. The Kier molecular flexibility index (Phi) is 9.28. The average molecular weight is 428 g/mol. The summed E-state index contributed by atoms with van der Waals surface area (Å²) in [5.74, 6) is 0.0489. The smallest absolute Gasteiger partial charge is 0.230 e. The van der Waals surface area contributed by atoms with Crippen LogP contribution in [-0.4, -0.2) is 34.2 Å². The summed E-state index contributed by atoms with van der Waals surface area (Å²) in [6, 6.07) is 19.9. The Morgan fingerprint density at radius 2 is 1.83 bits per heavy atom. The van der Waals surface area contributed by atoms with Crippen LogP contribution in [0.3, 0.4) is 0 Å². The summed E-state index contributed by atoms with van der Waals surface area (Å²) < 4.78 is 0. The number of aromatic hydroxyl groups is 1. The molecule has 0 bridgehead atoms. The van der Waals surface area contributed by atoms with Crippen LogP contribution in [0.2, 0.25) is 0 Å². The van der Waals surface area contributed by atoms with E-state index in [4.69, 9.17) is 0 Å². The number of phenolic OH excluding ortho intramolecular Hbond substituents is 1. The second-order valence-corrected chi connectivity index (χ2v) is 6.81. The largest absolute Gasteiger partial charge is 0.508 e. The van der Waals surface area contributed by atoms with Crippen molar-refractivity contribution in [1.82, 2.24) is 10.3 Å². The lowest BCUT2D eigenvalue weighted by Gasteiger charge is -2.12. The van der Waals surface area contributed by atoms with Crippen LogP contribution < -0.4 is 10.6 Å². The molecule has 3 rings (SSSR count). The van der Waals surface area contributed by atoms with Crippen molar-refractivity contribution < 1.29 is 15.0 Å². The molecule has 7 heteroatoms. The number of rotatable bonds is 9. The van der Waals surface area contributed by atoms with Crippen LogP contribution in [-0.2, 0) is 17.6 Å². The molecule has 158 valence electrons. The maximum atomic E-state index is 12.1. The lowest BCUT2D eigenvalue weighted by Crippen LogP contribution is -2.23. The molecule has 0 saturated carbocycles. The molecule has 0 aliphatic carbocycles. The number of hydrogen-bond donors (Lipinski definition) is 4. The molecular formula is C23H26ClN3O3. The number of hydrogen-bond acceptors (Lipinski definition) is 5. The molecule has 0 radical (unpaired) electrons. The summed E-state index contributed by atoms with van der Waals surface area (Å²) in [6.07, 6.45) is 2.05. The van der Waals surface area contributed by atoms with Crippen molar-refractivity contribution in [3.63, 3.8) is 0 Å². The van der Waals surface area contributed by atoms with Gasteiger partial charge in [0, 0.05) is 24.1 Å². The Morgan fingerprint density at radius 1 is 1.03 bits per heavy atom. The fourth-order valence-corrected chi connectivity index (χ4v) is 2.95. The molecule has 1 aromatic heterocycles. The Labute approximate surface area is 182 Å². The minimum Gasteiger partial charge on any atom is -0.508 e. The van der Waals surface area contributed by atoms with Gasteiger partial charge in [0.15, 0.2) is 0 Å². The zero-order valence-corrected chi connectivity index (χ0v) is 17.3. The van der Waals surface area contributed by atoms with Gasteiger partial charge in [0.05, 0.1) is 12.5 Å². The van der Waals surface area contributed by atoms with E-state index in [1.165, 1.54) is 0 Å². The van der Waals surface area contributed by atoms with Crippen LogP contribution in [0.5, 0.6) is 5.75 Å². The van der Waals surface area contributed by atoms with Crippen LogP contribution >= 0.6 is 12.4 Å². The van der Waals surface area contributed by atoms with Gasteiger partial charge < -0.3 is 20.8 Å². The Bertz CT molecular complexity index is 920. The third-order valence-corrected chi connectivity index (χ3v) is 4.49. The summed E-state index contributed by atoms with van der Waals surface area (Å²) in [6.45, 7) is 1.12. The molecule has 1 unspecified atom stereocenters. The molecule has 0 spiro atoms. The third kappa shape index (κ3) is 7.48. The van der Waals surface area contributed by atoms with E-state index in [-0.39, 0.29) is 30.5 Å². The van der Waals surface area contributed by atoms with Crippen molar-refractivity contribution in [1.29, 1.82) is 0 Å². The Morgan fingerprint density at radius 3 is 2.53 bits per heavy atom. The molecule has 0 aliphatic rings. The fourth-order valence-electron chi connectivity index (χ4n) is 2.95. The van der Waals surface area contributed by atoms with Crippen LogP contribution in [0, 0.1) is 0 Å². The van der Waals surface area contributed by atoms with Gasteiger partial charge >= 0.3 is 0 Å². The van der Waals surface area contributed by atoms with E-state index in [1.807, 2.05) is 42.5 Å². The van der Waals surface area contributed by atoms with Crippen molar-refractivity contribution in [3.05, 3.63) is 89.7 Å². The number of nitrogens with one attached hydrogen (secondary N) is 2. The predicted octanol–water partition coefficient (Wildman–Crippen LogP) is 3.26. The van der Waals surface area contributed by atoms with Crippen LogP contribution in [0.1, 0.15) is 22.9 Å². The number of benzene rings is 2. The standard InChI is InChI=1S/C23H25N3O3.ClH/c27-21-6-3-4-18(14-21)22(28)16-24-13-11-17-7-9-19(10-8-17)26-23(29)15-20-5-1-2-12-25-20;/h1-10,12,14,22,24,27-28H,11,13,15-16H2,(H,26,29);1H. The molecule has 1 amide bonds. The average Bonchev–Trinajstić information content (AvgIpc) is 2.73. The van der Waals surface area contributed by atoms with E-state index < -0.39 is 6.10 Å². The first-order valence-corrected chi connectivity index (χ1v) is 9.56. The maximum Gasteiger partial charge on any atom is 0.230 e. The second kappa shape index (κ2) is 11.9. The highest BCUT2D eigenvalue weighted by Crippen LogP contribution is 2.17. The molecule has 1 heterocycles. The topological polar surface area (TPSA) is 94.5 Å². The first-order valence-electron chi connectivity index (χ1n) is 9.56. The normalized spacial score (nSPS) is 11.4. The number of halogens is 1. The quantitative estimate of drug-likeness (QED) is 0.393. The van der Waals surface area contributed by atoms with Crippen LogP contribution in [0.4, 0.5) is 5.69 Å². The van der Waals surface area contributed by atoms with Gasteiger partial charge in [-0.1, -0.05) is 30.3 Å². The lowest BCUT2D eigenvalue weighted by atomic mass is 10.1. The zero-order valence-electron chi connectivity index (χ0n) is 16.5. The summed E-state index contributed by atoms with van der Waals surface area (Å²) >= 11 is 0. The number of aliphatic hydroxyl groups excluding tert-OH is 1. The second-order valence-electron chi connectivity index (χ2n) is 6.81. The van der Waals surface area contributed by atoms with Gasteiger partial charge in [-0.3, -0.25) is 9.78 Å². The molecular weight excluding hydrogens is 402 g/mol. The van der Waals surface area contributed by atoms with E-state index in [2.05, 4.69) is 15.6 Å². The molecule has 1 atom stereocenters. The zero-order chi connectivity index (χ0) is 20.5. The van der Waals surface area contributed by atoms with E-state index in [0.29, 0.717) is 18.7 Å². The first-order chi connectivity index (χ1) is 14.1. The van der Waals surface area contributed by atoms with Gasteiger partial charge in [-0.2, -0.15) is 0 Å². The first kappa shape index (κ1) is 23.3. The van der Waals surface area contributed by atoms with Gasteiger partial charge in [0.25, 0.3) is 0 Å². The van der Waals surface area contributed by atoms with Crippen molar-refractivity contribution in [3.8, 4) is 5.75 Å². The van der Waals surface area contributed by atoms with Crippen molar-refractivity contribution in [2.45, 2.75) is 18.9 Å². The van der Waals surface area contributed by atoms with E-state index in [9.17, 15) is 15.0 Å². The number of anilines is 1. The highest BCUT2D eigenvalue weighted by atomic mass is 35.5. The number of aromatic nitrogens is 1. The molecule has 30 heavy (non-hydrogen) atoms. The van der Waals surface area contributed by atoms with Gasteiger partial charge in [-0.25, -0.2) is 0 Å². The SMILES string of the molecule is Cl.O=C(Cc1ccccn1)Nc1ccc(CCNCC(O)c2cccc(O)c2)cc1. The van der Waals surface area contributed by atoms with Crippen molar-refractivity contribution >= 4 is 24.0 Å². The Balaban J connectivity index is 0.00000320. The van der Waals surface area contributed by atoms with Gasteiger partial charge in [0.2, 0.25) is 5.91 Å². The summed E-state index contributed by atoms with van der Waals surface area (Å²) in [5, 5.41) is 25.7. The van der Waals surface area contributed by atoms with E-state index in [0.717, 1.165) is 23.4 Å². The van der Waals surface area contributed by atoms with Gasteiger partial charge in [-0.05, 0) is 60.5 Å². The lowest BCUT2D eigenvalue weighted by molar-refractivity contribution is -0.115. The van der Waals surface area contributed by atoms with Crippen molar-refractivity contribution in [2.24, 2.45) is 0 Å². The van der Waals surface area contributed by atoms with Crippen LogP contribution in [0.25, 0.3) is 0 Å². The number of amides is 1. The minimum atomic E-state index is -0.668. The maximum absolute atomic E-state index is 12.1.